The van der Waals surface area contributed by atoms with E-state index in [4.69, 9.17) is 0 Å². The number of anilines is 1. The van der Waals surface area contributed by atoms with E-state index in [1.54, 1.807) is 0 Å². The van der Waals surface area contributed by atoms with Gasteiger partial charge in [0.15, 0.2) is 0 Å². The summed E-state index contributed by atoms with van der Waals surface area (Å²) in [6.07, 6.45) is 0. The monoisotopic (exact) mass is 445 g/mol. The second kappa shape index (κ2) is 6.42. The molecule has 1 atom stereocenters. The summed E-state index contributed by atoms with van der Waals surface area (Å²) in [4.78, 5) is 0. The van der Waals surface area contributed by atoms with Crippen LogP contribution in [0.1, 0.15) is 24.1 Å². The van der Waals surface area contributed by atoms with Crippen molar-refractivity contribution in [1.29, 1.82) is 0 Å². The maximum atomic E-state index is 3.61. The fourth-order valence-electron chi connectivity index (χ4n) is 1.91. The van der Waals surface area contributed by atoms with Crippen LogP contribution in [0.5, 0.6) is 0 Å². The molecule has 2 aromatic rings. The predicted octanol–water partition coefficient (Wildman–Crippen LogP) is 6.46. The first-order chi connectivity index (χ1) is 8.97. The Bertz CT molecular complexity index is 596. The van der Waals surface area contributed by atoms with Crippen molar-refractivity contribution >= 4 is 53.5 Å². The van der Waals surface area contributed by atoms with E-state index in [-0.39, 0.29) is 6.04 Å². The van der Waals surface area contributed by atoms with Crippen LogP contribution in [0.4, 0.5) is 5.69 Å². The van der Waals surface area contributed by atoms with E-state index in [1.807, 2.05) is 0 Å². The van der Waals surface area contributed by atoms with E-state index in [0.717, 1.165) is 19.1 Å². The Balaban J connectivity index is 2.25. The second-order valence-corrected chi connectivity index (χ2v) is 7.14. The van der Waals surface area contributed by atoms with Gasteiger partial charge >= 0.3 is 0 Å². The molecule has 0 aromatic heterocycles. The Hall–Kier alpha value is -0.320. The summed E-state index contributed by atoms with van der Waals surface area (Å²) in [7, 11) is 0. The molecule has 1 unspecified atom stereocenters. The van der Waals surface area contributed by atoms with Crippen molar-refractivity contribution in [2.45, 2.75) is 19.9 Å². The summed E-state index contributed by atoms with van der Waals surface area (Å²) in [5, 5.41) is 3.54. The Labute approximate surface area is 139 Å². The number of hydrogen-bond donors (Lipinski definition) is 1. The highest BCUT2D eigenvalue weighted by Gasteiger charge is 2.11. The van der Waals surface area contributed by atoms with Gasteiger partial charge in [0.2, 0.25) is 0 Å². The molecule has 100 valence electrons. The smallest absolute Gasteiger partial charge is 0.0497 e. The van der Waals surface area contributed by atoms with Gasteiger partial charge in [0, 0.05) is 25.1 Å². The van der Waals surface area contributed by atoms with Gasteiger partial charge in [0.1, 0.15) is 0 Å². The number of benzene rings is 2. The first-order valence-electron chi connectivity index (χ1n) is 5.95. The minimum atomic E-state index is 0.223. The van der Waals surface area contributed by atoms with Gasteiger partial charge < -0.3 is 5.32 Å². The van der Waals surface area contributed by atoms with E-state index in [0.29, 0.717) is 0 Å². The molecule has 2 rings (SSSR count). The lowest BCUT2D eigenvalue weighted by Crippen LogP contribution is -2.08. The summed E-state index contributed by atoms with van der Waals surface area (Å²) in [6, 6.07) is 12.8. The zero-order valence-electron chi connectivity index (χ0n) is 10.7. The van der Waals surface area contributed by atoms with Crippen LogP contribution in [0.25, 0.3) is 0 Å². The number of rotatable bonds is 3. The molecule has 0 fully saturated rings. The quantitative estimate of drug-likeness (QED) is 0.569. The van der Waals surface area contributed by atoms with Crippen molar-refractivity contribution in [1.82, 2.24) is 0 Å². The third kappa shape index (κ3) is 3.83. The van der Waals surface area contributed by atoms with Crippen molar-refractivity contribution in [3.05, 3.63) is 60.9 Å². The van der Waals surface area contributed by atoms with Gasteiger partial charge in [0.25, 0.3) is 0 Å². The molecule has 0 spiro atoms. The van der Waals surface area contributed by atoms with Crippen molar-refractivity contribution in [2.24, 2.45) is 0 Å². The van der Waals surface area contributed by atoms with Crippen molar-refractivity contribution < 1.29 is 0 Å². The van der Waals surface area contributed by atoms with E-state index in [1.165, 1.54) is 11.1 Å². The summed E-state index contributed by atoms with van der Waals surface area (Å²) in [6.45, 7) is 4.25. The molecule has 0 radical (unpaired) electrons. The molecule has 1 N–H and O–H groups in total. The molecule has 2 aromatic carbocycles. The molecule has 19 heavy (non-hydrogen) atoms. The van der Waals surface area contributed by atoms with Gasteiger partial charge in [-0.25, -0.2) is 0 Å². The van der Waals surface area contributed by atoms with Gasteiger partial charge in [-0.2, -0.15) is 0 Å². The lowest BCUT2D eigenvalue weighted by atomic mass is 10.1. The van der Waals surface area contributed by atoms with E-state index < -0.39 is 0 Å². The van der Waals surface area contributed by atoms with Crippen molar-refractivity contribution in [3.8, 4) is 0 Å². The maximum Gasteiger partial charge on any atom is 0.0497 e. The molecule has 0 bridgehead atoms. The van der Waals surface area contributed by atoms with Crippen LogP contribution < -0.4 is 5.32 Å². The zero-order valence-corrected chi connectivity index (χ0v) is 15.4. The lowest BCUT2D eigenvalue weighted by molar-refractivity contribution is 0.877. The molecule has 0 amide bonds. The maximum absolute atomic E-state index is 3.61. The second-order valence-electron chi connectivity index (χ2n) is 4.52. The number of halogens is 3. The first-order valence-corrected chi connectivity index (χ1v) is 8.33. The van der Waals surface area contributed by atoms with Crippen LogP contribution >= 0.6 is 47.8 Å². The van der Waals surface area contributed by atoms with Gasteiger partial charge in [0.05, 0.1) is 0 Å². The topological polar surface area (TPSA) is 12.0 Å². The van der Waals surface area contributed by atoms with Gasteiger partial charge in [-0.05, 0) is 65.2 Å². The Morgan fingerprint density at radius 1 is 0.947 bits per heavy atom. The Morgan fingerprint density at radius 2 is 1.68 bits per heavy atom. The fraction of sp³-hybridized carbons (Fsp3) is 0.200. The van der Waals surface area contributed by atoms with Crippen molar-refractivity contribution in [3.63, 3.8) is 0 Å². The zero-order chi connectivity index (χ0) is 14.0. The molecule has 1 nitrogen and oxygen atoms in total. The molecule has 0 aliphatic rings. The van der Waals surface area contributed by atoms with E-state index in [2.05, 4.69) is 103 Å². The van der Waals surface area contributed by atoms with Crippen LogP contribution in [0, 0.1) is 6.92 Å². The molecule has 0 saturated heterocycles. The molecule has 0 aliphatic carbocycles. The predicted molar refractivity (Wildman–Crippen MR) is 92.8 cm³/mol. The molecular formula is C15H14Br3N. The lowest BCUT2D eigenvalue weighted by Gasteiger charge is -2.19. The summed E-state index contributed by atoms with van der Waals surface area (Å²) in [5.74, 6) is 0. The third-order valence-electron chi connectivity index (χ3n) is 2.92. The van der Waals surface area contributed by atoms with Crippen LogP contribution in [0.3, 0.4) is 0 Å². The van der Waals surface area contributed by atoms with E-state index in [9.17, 15) is 0 Å². The Kier molecular flexibility index (Phi) is 5.09. The standard InChI is InChI=1S/C15H14Br3N/c1-9-3-6-13(17)15(7-9)19-10(2)12-5-4-11(16)8-14(12)18/h3-8,10,19H,1-2H3. The van der Waals surface area contributed by atoms with Gasteiger partial charge in [-0.15, -0.1) is 0 Å². The molecule has 4 heteroatoms. The largest absolute Gasteiger partial charge is 0.378 e. The van der Waals surface area contributed by atoms with Crippen LogP contribution in [0.2, 0.25) is 0 Å². The SMILES string of the molecule is Cc1ccc(Br)c(NC(C)c2ccc(Br)cc2Br)c1. The number of hydrogen-bond acceptors (Lipinski definition) is 1. The number of nitrogens with one attached hydrogen (secondary N) is 1. The molecule has 0 aliphatic heterocycles. The average molecular weight is 448 g/mol. The highest BCUT2D eigenvalue weighted by molar-refractivity contribution is 9.11. The molecular weight excluding hydrogens is 434 g/mol. The average Bonchev–Trinajstić information content (AvgIpc) is 2.33. The Morgan fingerprint density at radius 3 is 2.37 bits per heavy atom. The normalized spacial score (nSPS) is 12.3. The minimum Gasteiger partial charge on any atom is -0.378 e. The minimum absolute atomic E-state index is 0.223. The third-order valence-corrected chi connectivity index (χ3v) is 4.79. The number of aryl methyl sites for hydroxylation is 1. The van der Waals surface area contributed by atoms with Crippen LogP contribution in [-0.4, -0.2) is 0 Å². The summed E-state index contributed by atoms with van der Waals surface area (Å²) in [5.41, 5.74) is 3.59. The highest BCUT2D eigenvalue weighted by atomic mass is 79.9. The molecule has 0 heterocycles. The molecule has 0 saturated carbocycles. The van der Waals surface area contributed by atoms with Gasteiger partial charge in [-0.3, -0.25) is 0 Å². The summed E-state index contributed by atoms with van der Waals surface area (Å²) < 4.78 is 3.26. The van der Waals surface area contributed by atoms with Crippen LogP contribution in [0.15, 0.2) is 49.8 Å². The van der Waals surface area contributed by atoms with Crippen molar-refractivity contribution in [2.75, 3.05) is 5.32 Å². The van der Waals surface area contributed by atoms with Crippen LogP contribution in [-0.2, 0) is 0 Å². The van der Waals surface area contributed by atoms with E-state index >= 15 is 0 Å². The summed E-state index contributed by atoms with van der Waals surface area (Å²) >= 11 is 10.7. The first kappa shape index (κ1) is 15.1. The fourth-order valence-corrected chi connectivity index (χ4v) is 3.66. The van der Waals surface area contributed by atoms with Gasteiger partial charge in [-0.1, -0.05) is 44.0 Å². The highest BCUT2D eigenvalue weighted by Crippen LogP contribution is 2.31.